The minimum absolute atomic E-state index is 0.186. The van der Waals surface area contributed by atoms with Crippen LogP contribution in [0.15, 0.2) is 18.2 Å². The predicted octanol–water partition coefficient (Wildman–Crippen LogP) is 2.64. The average molecular weight is 265 g/mol. The molecule has 4 heteroatoms. The monoisotopic (exact) mass is 265 g/mol. The number of ether oxygens (including phenoxy) is 1. The number of hydrogen-bond acceptors (Lipinski definition) is 3. The highest BCUT2D eigenvalue weighted by molar-refractivity contribution is 5.78. The molecule has 0 bridgehead atoms. The Kier molecular flexibility index (Phi) is 4.53. The molecule has 1 aromatic rings. The highest BCUT2D eigenvalue weighted by Crippen LogP contribution is 2.24. The summed E-state index contributed by atoms with van der Waals surface area (Å²) in [5.41, 5.74) is 0.653. The Morgan fingerprint density at radius 1 is 1.42 bits per heavy atom. The number of rotatable bonds is 4. The average Bonchev–Trinajstić information content (AvgIpc) is 2.42. The lowest BCUT2D eigenvalue weighted by Gasteiger charge is -2.30. The number of Topliss-reactive ketones (excluding diaryl/α,β-unsaturated/α-hetero) is 1. The first-order valence-corrected chi connectivity index (χ1v) is 6.66. The van der Waals surface area contributed by atoms with Gasteiger partial charge in [0, 0.05) is 18.0 Å². The summed E-state index contributed by atoms with van der Waals surface area (Å²) in [6.07, 6.45) is 1.75. The fourth-order valence-corrected chi connectivity index (χ4v) is 2.57. The van der Waals surface area contributed by atoms with E-state index >= 15 is 0 Å². The standard InChI is InChI=1S/C15H20FNO2/c1-11(18)12-6-8-17(9-7-12)10-13-4-3-5-14(19-2)15(13)16/h3-5,12H,6-10H2,1-2H3. The van der Waals surface area contributed by atoms with E-state index in [-0.39, 0.29) is 23.3 Å². The number of hydrogen-bond donors (Lipinski definition) is 0. The highest BCUT2D eigenvalue weighted by Gasteiger charge is 2.23. The molecule has 1 heterocycles. The second-order valence-corrected chi connectivity index (χ2v) is 5.09. The molecule has 0 unspecified atom stereocenters. The van der Waals surface area contributed by atoms with Crippen LogP contribution in [0.2, 0.25) is 0 Å². The summed E-state index contributed by atoms with van der Waals surface area (Å²) in [4.78, 5) is 13.5. The van der Waals surface area contributed by atoms with E-state index < -0.39 is 0 Å². The molecule has 0 amide bonds. The summed E-state index contributed by atoms with van der Waals surface area (Å²) in [5, 5.41) is 0. The van der Waals surface area contributed by atoms with Gasteiger partial charge in [0.05, 0.1) is 7.11 Å². The van der Waals surface area contributed by atoms with Gasteiger partial charge >= 0.3 is 0 Å². The van der Waals surface area contributed by atoms with Crippen LogP contribution in [0.5, 0.6) is 5.75 Å². The molecule has 0 aromatic heterocycles. The van der Waals surface area contributed by atoms with Crippen molar-refractivity contribution in [2.45, 2.75) is 26.3 Å². The summed E-state index contributed by atoms with van der Waals surface area (Å²) >= 11 is 0. The van der Waals surface area contributed by atoms with E-state index in [0.29, 0.717) is 12.1 Å². The molecule has 1 aliphatic heterocycles. The second kappa shape index (κ2) is 6.15. The lowest BCUT2D eigenvalue weighted by Crippen LogP contribution is -2.35. The summed E-state index contributed by atoms with van der Waals surface area (Å²) < 4.78 is 19.0. The van der Waals surface area contributed by atoms with Crippen LogP contribution in [-0.4, -0.2) is 30.9 Å². The van der Waals surface area contributed by atoms with Crippen molar-refractivity contribution in [2.75, 3.05) is 20.2 Å². The van der Waals surface area contributed by atoms with E-state index in [9.17, 15) is 9.18 Å². The fourth-order valence-electron chi connectivity index (χ4n) is 2.57. The summed E-state index contributed by atoms with van der Waals surface area (Å²) in [7, 11) is 1.47. The van der Waals surface area contributed by atoms with Crippen molar-refractivity contribution in [1.29, 1.82) is 0 Å². The first-order valence-electron chi connectivity index (χ1n) is 6.66. The van der Waals surface area contributed by atoms with Crippen molar-refractivity contribution in [3.63, 3.8) is 0 Å². The molecule has 0 saturated carbocycles. The smallest absolute Gasteiger partial charge is 0.169 e. The lowest BCUT2D eigenvalue weighted by molar-refractivity contribution is -0.122. The highest BCUT2D eigenvalue weighted by atomic mass is 19.1. The van der Waals surface area contributed by atoms with Crippen molar-refractivity contribution in [1.82, 2.24) is 4.90 Å². The van der Waals surface area contributed by atoms with Gasteiger partial charge in [-0.25, -0.2) is 4.39 Å². The molecular weight excluding hydrogens is 245 g/mol. The van der Waals surface area contributed by atoms with Gasteiger partial charge in [0.1, 0.15) is 5.78 Å². The topological polar surface area (TPSA) is 29.5 Å². The van der Waals surface area contributed by atoms with E-state index in [1.165, 1.54) is 7.11 Å². The van der Waals surface area contributed by atoms with Gasteiger partial charge in [-0.15, -0.1) is 0 Å². The maximum Gasteiger partial charge on any atom is 0.169 e. The molecular formula is C15H20FNO2. The summed E-state index contributed by atoms with van der Waals surface area (Å²) in [6, 6.07) is 5.22. The maximum atomic E-state index is 14.0. The molecule has 0 radical (unpaired) electrons. The van der Waals surface area contributed by atoms with Gasteiger partial charge in [-0.05, 0) is 38.9 Å². The van der Waals surface area contributed by atoms with Crippen molar-refractivity contribution < 1.29 is 13.9 Å². The Bertz CT molecular complexity index is 453. The Hall–Kier alpha value is -1.42. The van der Waals surface area contributed by atoms with Gasteiger partial charge in [0.2, 0.25) is 0 Å². The van der Waals surface area contributed by atoms with E-state index in [0.717, 1.165) is 25.9 Å². The molecule has 0 aliphatic carbocycles. The van der Waals surface area contributed by atoms with E-state index in [2.05, 4.69) is 4.90 Å². The SMILES string of the molecule is COc1cccc(CN2CCC(C(C)=O)CC2)c1F. The predicted molar refractivity (Wildman–Crippen MR) is 71.6 cm³/mol. The zero-order valence-corrected chi connectivity index (χ0v) is 11.5. The number of likely N-dealkylation sites (tertiary alicyclic amines) is 1. The molecule has 3 nitrogen and oxygen atoms in total. The number of carbonyl (C=O) groups is 1. The fraction of sp³-hybridized carbons (Fsp3) is 0.533. The number of methoxy groups -OCH3 is 1. The lowest BCUT2D eigenvalue weighted by atomic mass is 9.93. The minimum Gasteiger partial charge on any atom is -0.494 e. The molecule has 2 rings (SSSR count). The van der Waals surface area contributed by atoms with Crippen LogP contribution >= 0.6 is 0 Å². The number of benzene rings is 1. The molecule has 1 aromatic carbocycles. The van der Waals surface area contributed by atoms with Crippen LogP contribution in [-0.2, 0) is 11.3 Å². The van der Waals surface area contributed by atoms with Crippen LogP contribution < -0.4 is 4.74 Å². The number of halogens is 1. The first-order chi connectivity index (χ1) is 9.11. The van der Waals surface area contributed by atoms with Crippen molar-refractivity contribution in [2.24, 2.45) is 5.92 Å². The number of piperidine rings is 1. The second-order valence-electron chi connectivity index (χ2n) is 5.09. The maximum absolute atomic E-state index is 14.0. The molecule has 1 aliphatic rings. The number of ketones is 1. The summed E-state index contributed by atoms with van der Waals surface area (Å²) in [6.45, 7) is 3.93. The molecule has 19 heavy (non-hydrogen) atoms. The normalized spacial score (nSPS) is 17.4. The van der Waals surface area contributed by atoms with Gasteiger partial charge in [-0.1, -0.05) is 12.1 Å². The van der Waals surface area contributed by atoms with Crippen LogP contribution in [0.4, 0.5) is 4.39 Å². The van der Waals surface area contributed by atoms with Crippen molar-refractivity contribution >= 4 is 5.78 Å². The van der Waals surface area contributed by atoms with Crippen LogP contribution in [0.1, 0.15) is 25.3 Å². The zero-order chi connectivity index (χ0) is 13.8. The zero-order valence-electron chi connectivity index (χ0n) is 11.5. The van der Waals surface area contributed by atoms with Crippen LogP contribution in [0, 0.1) is 11.7 Å². The van der Waals surface area contributed by atoms with E-state index in [1.54, 1.807) is 25.1 Å². The van der Waals surface area contributed by atoms with Gasteiger partial charge in [0.25, 0.3) is 0 Å². The van der Waals surface area contributed by atoms with Crippen molar-refractivity contribution in [3.05, 3.63) is 29.6 Å². The first kappa shape index (κ1) is 14.0. The van der Waals surface area contributed by atoms with Crippen molar-refractivity contribution in [3.8, 4) is 5.75 Å². The van der Waals surface area contributed by atoms with Crippen LogP contribution in [0.3, 0.4) is 0 Å². The molecule has 1 fully saturated rings. The third-order valence-corrected chi connectivity index (χ3v) is 3.82. The summed E-state index contributed by atoms with van der Waals surface area (Å²) in [5.74, 6) is 0.466. The third kappa shape index (κ3) is 3.32. The Labute approximate surface area is 113 Å². The largest absolute Gasteiger partial charge is 0.494 e. The molecule has 0 N–H and O–H groups in total. The number of nitrogens with zero attached hydrogens (tertiary/aromatic N) is 1. The quantitative estimate of drug-likeness (QED) is 0.838. The van der Waals surface area contributed by atoms with Gasteiger partial charge < -0.3 is 4.74 Å². The third-order valence-electron chi connectivity index (χ3n) is 3.82. The molecule has 0 spiro atoms. The van der Waals surface area contributed by atoms with E-state index in [4.69, 9.17) is 4.74 Å². The Balaban J connectivity index is 1.98. The van der Waals surface area contributed by atoms with Gasteiger partial charge in [0.15, 0.2) is 11.6 Å². The number of carbonyl (C=O) groups excluding carboxylic acids is 1. The minimum atomic E-state index is -0.279. The van der Waals surface area contributed by atoms with Crippen LogP contribution in [0.25, 0.3) is 0 Å². The van der Waals surface area contributed by atoms with E-state index in [1.807, 2.05) is 0 Å². The molecule has 104 valence electrons. The Morgan fingerprint density at radius 3 is 2.68 bits per heavy atom. The Morgan fingerprint density at radius 2 is 2.11 bits per heavy atom. The van der Waals surface area contributed by atoms with Gasteiger partial charge in [-0.2, -0.15) is 0 Å². The molecule has 1 saturated heterocycles. The van der Waals surface area contributed by atoms with Gasteiger partial charge in [-0.3, -0.25) is 9.69 Å². The molecule has 0 atom stereocenters.